The standard InChI is InChI=1S/C28H31N7O5S/c29-19-7-11-22(12-8-19)41(39,40)34-25(27(37)38)17-30-26(36)18-5-9-21(10-6-18)35-15-13-20(14-16-35)31-28-32-23-3-1-2-4-24(23)33-28/h1-12,20,25,34H,13-17,29H2,(H,30,36)(H,37,38)(H2,31,32,33)/t25-/m0/s1. The molecule has 41 heavy (non-hydrogen) atoms. The van der Waals surface area contributed by atoms with Crippen molar-refractivity contribution in [3.05, 3.63) is 78.4 Å². The number of imidazole rings is 1. The first-order valence-electron chi connectivity index (χ1n) is 13.1. The minimum absolute atomic E-state index is 0.130. The average Bonchev–Trinajstić information content (AvgIpc) is 3.38. The maximum Gasteiger partial charge on any atom is 0.323 e. The number of H-pyrrole nitrogens is 1. The van der Waals surface area contributed by atoms with Gasteiger partial charge in [0.2, 0.25) is 16.0 Å². The number of amides is 1. The Morgan fingerprint density at radius 1 is 1.02 bits per heavy atom. The van der Waals surface area contributed by atoms with Crippen molar-refractivity contribution >= 4 is 50.3 Å². The molecule has 1 saturated heterocycles. The largest absolute Gasteiger partial charge is 0.480 e. The van der Waals surface area contributed by atoms with Crippen molar-refractivity contribution in [2.45, 2.75) is 29.8 Å². The number of fused-ring (bicyclic) bond motifs is 1. The van der Waals surface area contributed by atoms with Gasteiger partial charge in [0.25, 0.3) is 5.91 Å². The van der Waals surface area contributed by atoms with Crippen LogP contribution in [0.25, 0.3) is 11.0 Å². The summed E-state index contributed by atoms with van der Waals surface area (Å²) in [6, 6.07) is 19.0. The fraction of sp³-hybridized carbons (Fsp3) is 0.250. The summed E-state index contributed by atoms with van der Waals surface area (Å²) < 4.78 is 27.2. The lowest BCUT2D eigenvalue weighted by molar-refractivity contribution is -0.138. The number of aromatic amines is 1. The Morgan fingerprint density at radius 3 is 2.37 bits per heavy atom. The topological polar surface area (TPSA) is 183 Å². The fourth-order valence-electron chi connectivity index (χ4n) is 4.70. The van der Waals surface area contributed by atoms with E-state index in [-0.39, 0.29) is 10.9 Å². The van der Waals surface area contributed by atoms with Crippen LogP contribution in [0.3, 0.4) is 0 Å². The monoisotopic (exact) mass is 577 g/mol. The Kier molecular flexibility index (Phi) is 8.08. The van der Waals surface area contributed by atoms with Gasteiger partial charge < -0.3 is 31.4 Å². The highest BCUT2D eigenvalue weighted by Gasteiger charge is 2.26. The molecule has 1 aliphatic rings. The molecule has 0 spiro atoms. The lowest BCUT2D eigenvalue weighted by atomic mass is 10.0. The summed E-state index contributed by atoms with van der Waals surface area (Å²) in [7, 11) is -4.13. The highest BCUT2D eigenvalue weighted by atomic mass is 32.2. The highest BCUT2D eigenvalue weighted by molar-refractivity contribution is 7.89. The van der Waals surface area contributed by atoms with Crippen LogP contribution in [0.5, 0.6) is 0 Å². The molecule has 0 saturated carbocycles. The SMILES string of the molecule is Nc1ccc(S(=O)(=O)N[C@@H](CNC(=O)c2ccc(N3CCC(Nc4nc5ccccc5[nH]4)CC3)cc2)C(=O)O)cc1. The van der Waals surface area contributed by atoms with Gasteiger partial charge in [-0.3, -0.25) is 9.59 Å². The van der Waals surface area contributed by atoms with Crippen molar-refractivity contribution in [2.75, 3.05) is 35.6 Å². The highest BCUT2D eigenvalue weighted by Crippen LogP contribution is 2.23. The number of anilines is 3. The Hall–Kier alpha value is -4.62. The van der Waals surface area contributed by atoms with Crippen LogP contribution in [0.15, 0.2) is 77.7 Å². The minimum Gasteiger partial charge on any atom is -0.480 e. The number of carboxylic acid groups (broad SMARTS) is 1. The molecule has 0 unspecified atom stereocenters. The quantitative estimate of drug-likeness (QED) is 0.154. The van der Waals surface area contributed by atoms with E-state index in [9.17, 15) is 23.1 Å². The van der Waals surface area contributed by atoms with Crippen LogP contribution in [-0.2, 0) is 14.8 Å². The number of para-hydroxylation sites is 2. The summed E-state index contributed by atoms with van der Waals surface area (Å²) in [5.41, 5.74) is 9.19. The number of nitrogens with one attached hydrogen (secondary N) is 4. The molecule has 7 N–H and O–H groups in total. The summed E-state index contributed by atoms with van der Waals surface area (Å²) in [4.78, 5) is 34.4. The number of nitrogens with two attached hydrogens (primary N) is 1. The van der Waals surface area contributed by atoms with E-state index in [0.29, 0.717) is 11.3 Å². The molecule has 4 aromatic rings. The van der Waals surface area contributed by atoms with Gasteiger partial charge in [0, 0.05) is 42.6 Å². The zero-order valence-electron chi connectivity index (χ0n) is 22.1. The van der Waals surface area contributed by atoms with Crippen molar-refractivity contribution in [2.24, 2.45) is 0 Å². The molecule has 3 aromatic carbocycles. The van der Waals surface area contributed by atoms with E-state index in [1.165, 1.54) is 24.3 Å². The molecular formula is C28H31N7O5S. The van der Waals surface area contributed by atoms with Crippen molar-refractivity contribution in [1.29, 1.82) is 0 Å². The van der Waals surface area contributed by atoms with Crippen LogP contribution in [-0.4, -0.2) is 67.1 Å². The van der Waals surface area contributed by atoms with Crippen molar-refractivity contribution < 1.29 is 23.1 Å². The Labute approximate surface area is 237 Å². The molecule has 1 aromatic heterocycles. The average molecular weight is 578 g/mol. The summed E-state index contributed by atoms with van der Waals surface area (Å²) >= 11 is 0. The predicted molar refractivity (Wildman–Crippen MR) is 156 cm³/mol. The summed E-state index contributed by atoms with van der Waals surface area (Å²) in [6.45, 7) is 1.23. The molecule has 1 aliphatic heterocycles. The fourth-order valence-corrected chi connectivity index (χ4v) is 5.89. The zero-order chi connectivity index (χ0) is 29.0. The number of carbonyl (C=O) groups is 2. The first-order valence-corrected chi connectivity index (χ1v) is 14.6. The van der Waals surface area contributed by atoms with Gasteiger partial charge in [-0.2, -0.15) is 4.72 Å². The molecule has 12 nitrogen and oxygen atoms in total. The van der Waals surface area contributed by atoms with Crippen LogP contribution in [0, 0.1) is 0 Å². The van der Waals surface area contributed by atoms with Gasteiger partial charge in [-0.05, 0) is 73.5 Å². The first kappa shape index (κ1) is 27.9. The van der Waals surface area contributed by atoms with E-state index in [1.807, 2.05) is 36.4 Å². The molecule has 0 bridgehead atoms. The maximum atomic E-state index is 12.7. The van der Waals surface area contributed by atoms with Crippen molar-refractivity contribution in [1.82, 2.24) is 20.0 Å². The normalized spacial score (nSPS) is 15.0. The van der Waals surface area contributed by atoms with E-state index in [2.05, 4.69) is 30.2 Å². The summed E-state index contributed by atoms with van der Waals surface area (Å²) in [5.74, 6) is -1.16. The molecule has 2 heterocycles. The van der Waals surface area contributed by atoms with Crippen molar-refractivity contribution in [3.8, 4) is 0 Å². The molecule has 1 atom stereocenters. The van der Waals surface area contributed by atoms with Gasteiger partial charge >= 0.3 is 5.97 Å². The number of carboxylic acids is 1. The number of nitrogens with zero attached hydrogens (tertiary/aromatic N) is 2. The van der Waals surface area contributed by atoms with Crippen LogP contribution < -0.4 is 26.0 Å². The predicted octanol–water partition coefficient (Wildman–Crippen LogP) is 2.39. The Morgan fingerprint density at radius 2 is 1.71 bits per heavy atom. The number of carbonyl (C=O) groups excluding carboxylic acids is 1. The Balaban J connectivity index is 1.12. The van der Waals surface area contributed by atoms with Gasteiger partial charge in [0.15, 0.2) is 0 Å². The van der Waals surface area contributed by atoms with Crippen LogP contribution in [0.2, 0.25) is 0 Å². The molecule has 0 radical (unpaired) electrons. The number of aromatic nitrogens is 2. The molecule has 1 fully saturated rings. The van der Waals surface area contributed by atoms with Crippen LogP contribution in [0.4, 0.5) is 17.3 Å². The second-order valence-corrected chi connectivity index (χ2v) is 11.6. The lowest BCUT2D eigenvalue weighted by Crippen LogP contribution is -2.48. The zero-order valence-corrected chi connectivity index (χ0v) is 22.9. The van der Waals surface area contributed by atoms with Gasteiger partial charge in [-0.1, -0.05) is 12.1 Å². The van der Waals surface area contributed by atoms with Crippen LogP contribution >= 0.6 is 0 Å². The molecule has 214 valence electrons. The van der Waals surface area contributed by atoms with Gasteiger partial charge in [0.1, 0.15) is 6.04 Å². The van der Waals surface area contributed by atoms with Crippen molar-refractivity contribution in [3.63, 3.8) is 0 Å². The maximum absolute atomic E-state index is 12.7. The third kappa shape index (κ3) is 6.76. The van der Waals surface area contributed by atoms with Gasteiger partial charge in [0.05, 0.1) is 15.9 Å². The Bertz CT molecular complexity index is 1600. The second kappa shape index (κ2) is 11.9. The number of rotatable bonds is 10. The number of nitrogen functional groups attached to an aromatic ring is 1. The molecule has 13 heteroatoms. The number of benzene rings is 3. The number of sulfonamides is 1. The van der Waals surface area contributed by atoms with E-state index < -0.39 is 34.5 Å². The summed E-state index contributed by atoms with van der Waals surface area (Å²) in [6.07, 6.45) is 1.84. The van der Waals surface area contributed by atoms with E-state index in [0.717, 1.165) is 48.6 Å². The molecular weight excluding hydrogens is 546 g/mol. The number of piperidine rings is 1. The number of hydrogen-bond donors (Lipinski definition) is 6. The van der Waals surface area contributed by atoms with Gasteiger partial charge in [-0.15, -0.1) is 0 Å². The first-order chi connectivity index (χ1) is 19.7. The van der Waals surface area contributed by atoms with E-state index in [1.54, 1.807) is 12.1 Å². The third-order valence-electron chi connectivity index (χ3n) is 6.97. The lowest BCUT2D eigenvalue weighted by Gasteiger charge is -2.34. The molecule has 0 aliphatic carbocycles. The number of aliphatic carboxylic acids is 1. The number of hydrogen-bond acceptors (Lipinski definition) is 8. The molecule has 5 rings (SSSR count). The molecule has 1 amide bonds. The van der Waals surface area contributed by atoms with E-state index >= 15 is 0 Å². The van der Waals surface area contributed by atoms with E-state index in [4.69, 9.17) is 5.73 Å². The van der Waals surface area contributed by atoms with Gasteiger partial charge in [-0.25, -0.2) is 13.4 Å². The smallest absolute Gasteiger partial charge is 0.323 e. The third-order valence-corrected chi connectivity index (χ3v) is 8.46. The van der Waals surface area contributed by atoms with Crippen LogP contribution in [0.1, 0.15) is 23.2 Å². The second-order valence-electron chi connectivity index (χ2n) is 9.85. The minimum atomic E-state index is -4.13. The summed E-state index contributed by atoms with van der Waals surface area (Å²) in [5, 5.41) is 15.5.